The number of primary amides is 1. The summed E-state index contributed by atoms with van der Waals surface area (Å²) in [4.78, 5) is 59.2. The van der Waals surface area contributed by atoms with Crippen LogP contribution >= 0.6 is 0 Å². The summed E-state index contributed by atoms with van der Waals surface area (Å²) in [5.41, 5.74) is 6.34. The second-order valence-electron chi connectivity index (χ2n) is 13.9. The third kappa shape index (κ3) is 8.52. The molecule has 1 saturated heterocycles. The molecule has 2 aliphatic rings. The number of piperidine rings is 1. The number of para-hydroxylation sites is 1. The Morgan fingerprint density at radius 2 is 1.62 bits per heavy atom. The van der Waals surface area contributed by atoms with Crippen LogP contribution in [0.3, 0.4) is 0 Å². The largest absolute Gasteiger partial charge is 0.376 e. The van der Waals surface area contributed by atoms with Gasteiger partial charge in [0.2, 0.25) is 17.7 Å². The number of aliphatic hydroxyl groups excluding tert-OH is 1. The van der Waals surface area contributed by atoms with Crippen LogP contribution in [-0.4, -0.2) is 69.0 Å². The van der Waals surface area contributed by atoms with Gasteiger partial charge in [-0.1, -0.05) is 73.9 Å². The van der Waals surface area contributed by atoms with E-state index in [1.807, 2.05) is 49.9 Å². The lowest BCUT2D eigenvalue weighted by Crippen LogP contribution is -2.62. The van der Waals surface area contributed by atoms with Gasteiger partial charge in [-0.3, -0.25) is 24.1 Å². The lowest BCUT2D eigenvalue weighted by Gasteiger charge is -2.49. The highest BCUT2D eigenvalue weighted by Gasteiger charge is 2.45. The van der Waals surface area contributed by atoms with Gasteiger partial charge in [0.25, 0.3) is 5.91 Å². The number of likely N-dealkylation sites (tertiary alicyclic amines) is 1. The highest BCUT2D eigenvalue weighted by atomic mass is 16.3. The van der Waals surface area contributed by atoms with E-state index in [9.17, 15) is 24.3 Å². The number of benzene rings is 2. The molecular formula is C36H46N6O5. The van der Waals surface area contributed by atoms with E-state index in [0.29, 0.717) is 35.9 Å². The molecule has 3 aromatic rings. The Bertz CT molecular complexity index is 1590. The van der Waals surface area contributed by atoms with Crippen molar-refractivity contribution in [1.29, 1.82) is 0 Å². The molecule has 1 aliphatic carbocycles. The first kappa shape index (κ1) is 34.0. The Hall–Kier alpha value is -4.35. The van der Waals surface area contributed by atoms with Crippen molar-refractivity contribution >= 4 is 34.5 Å². The number of hydrogen-bond acceptors (Lipinski definition) is 7. The summed E-state index contributed by atoms with van der Waals surface area (Å²) in [5.74, 6) is -1.60. The van der Waals surface area contributed by atoms with Crippen molar-refractivity contribution in [3.63, 3.8) is 0 Å². The number of carbonyl (C=O) groups excluding carboxylic acids is 4. The molecule has 1 aromatic heterocycles. The fourth-order valence-electron chi connectivity index (χ4n) is 6.93. The van der Waals surface area contributed by atoms with Gasteiger partial charge in [0.05, 0.1) is 24.0 Å². The van der Waals surface area contributed by atoms with Gasteiger partial charge in [0.15, 0.2) is 0 Å². The van der Waals surface area contributed by atoms with Crippen molar-refractivity contribution in [2.24, 2.45) is 17.6 Å². The van der Waals surface area contributed by atoms with Gasteiger partial charge in [-0.2, -0.15) is 0 Å². The quantitative estimate of drug-likeness (QED) is 0.226. The number of aliphatic hydroxyl groups is 1. The van der Waals surface area contributed by atoms with Crippen molar-refractivity contribution in [2.45, 2.75) is 89.2 Å². The minimum absolute atomic E-state index is 0.0775. The lowest BCUT2D eigenvalue weighted by atomic mass is 9.72. The first-order valence-corrected chi connectivity index (χ1v) is 16.5. The van der Waals surface area contributed by atoms with Gasteiger partial charge in [-0.05, 0) is 63.1 Å². The summed E-state index contributed by atoms with van der Waals surface area (Å²) < 4.78 is 0. The summed E-state index contributed by atoms with van der Waals surface area (Å²) in [6.45, 7) is 6.27. The maximum absolute atomic E-state index is 13.9. The number of hydrogen-bond donors (Lipinski definition) is 5. The second kappa shape index (κ2) is 14.6. The first-order chi connectivity index (χ1) is 22.4. The minimum Gasteiger partial charge on any atom is -0.376 e. The number of aromatic nitrogens is 1. The molecule has 2 aromatic carbocycles. The van der Waals surface area contributed by atoms with Crippen LogP contribution in [0.25, 0.3) is 10.9 Å². The summed E-state index contributed by atoms with van der Waals surface area (Å²) in [6, 6.07) is 16.7. The van der Waals surface area contributed by atoms with Crippen LogP contribution in [0, 0.1) is 11.8 Å². The van der Waals surface area contributed by atoms with E-state index in [4.69, 9.17) is 5.73 Å². The Kier molecular flexibility index (Phi) is 10.6. The van der Waals surface area contributed by atoms with Gasteiger partial charge < -0.3 is 26.8 Å². The molecule has 0 bridgehead atoms. The monoisotopic (exact) mass is 642 g/mol. The van der Waals surface area contributed by atoms with Gasteiger partial charge in [0, 0.05) is 17.5 Å². The predicted molar refractivity (Wildman–Crippen MR) is 179 cm³/mol. The second-order valence-corrected chi connectivity index (χ2v) is 13.9. The van der Waals surface area contributed by atoms with Crippen molar-refractivity contribution in [1.82, 2.24) is 25.8 Å². The smallest absolute Gasteiger partial charge is 0.270 e. The van der Waals surface area contributed by atoms with Crippen molar-refractivity contribution in [3.05, 3.63) is 78.0 Å². The van der Waals surface area contributed by atoms with E-state index in [1.165, 1.54) is 0 Å². The van der Waals surface area contributed by atoms with Crippen LogP contribution < -0.4 is 21.7 Å². The topological polar surface area (TPSA) is 167 Å². The summed E-state index contributed by atoms with van der Waals surface area (Å²) in [7, 11) is 0. The molecule has 47 heavy (non-hydrogen) atoms. The van der Waals surface area contributed by atoms with Crippen LogP contribution in [-0.2, 0) is 14.4 Å². The number of amides is 4. The highest BCUT2D eigenvalue weighted by molar-refractivity contribution is 5.99. The normalized spacial score (nSPS) is 21.9. The van der Waals surface area contributed by atoms with Crippen LogP contribution in [0.2, 0.25) is 0 Å². The molecule has 250 valence electrons. The van der Waals surface area contributed by atoms with Gasteiger partial charge in [-0.25, -0.2) is 4.98 Å². The Labute approximate surface area is 275 Å². The van der Waals surface area contributed by atoms with Gasteiger partial charge in [0.1, 0.15) is 18.0 Å². The summed E-state index contributed by atoms with van der Waals surface area (Å²) in [6.07, 6.45) is 3.15. The van der Waals surface area contributed by atoms with Crippen molar-refractivity contribution < 1.29 is 24.3 Å². The fraction of sp³-hybridized carbons (Fsp3) is 0.472. The van der Waals surface area contributed by atoms with Crippen LogP contribution in [0.15, 0.2) is 66.7 Å². The maximum Gasteiger partial charge on any atom is 0.270 e. The van der Waals surface area contributed by atoms with Crippen molar-refractivity contribution in [3.8, 4) is 0 Å². The molecule has 2 fully saturated rings. The Morgan fingerprint density at radius 3 is 2.32 bits per heavy atom. The van der Waals surface area contributed by atoms with E-state index in [0.717, 1.165) is 31.1 Å². The van der Waals surface area contributed by atoms with E-state index in [2.05, 4.69) is 20.9 Å². The van der Waals surface area contributed by atoms with Crippen LogP contribution in [0.4, 0.5) is 0 Å². The summed E-state index contributed by atoms with van der Waals surface area (Å²) in [5, 5.41) is 21.6. The molecule has 0 radical (unpaired) electrons. The molecule has 5 rings (SSSR count). The Morgan fingerprint density at radius 1 is 0.936 bits per heavy atom. The third-order valence-electron chi connectivity index (χ3n) is 9.19. The van der Waals surface area contributed by atoms with Crippen molar-refractivity contribution in [2.75, 3.05) is 6.54 Å². The van der Waals surface area contributed by atoms with Gasteiger partial charge in [-0.15, -0.1) is 0 Å². The number of nitrogens with one attached hydrogen (secondary N) is 3. The average Bonchev–Trinajstić information content (AvgIpc) is 3.05. The zero-order valence-electron chi connectivity index (χ0n) is 27.3. The molecule has 6 N–H and O–H groups in total. The number of rotatable bonds is 10. The molecule has 11 heteroatoms. The minimum atomic E-state index is -1.34. The predicted octanol–water partition coefficient (Wildman–Crippen LogP) is 3.18. The molecule has 2 heterocycles. The third-order valence-corrected chi connectivity index (χ3v) is 9.19. The molecule has 4 amide bonds. The number of carbonyl (C=O) groups is 4. The van der Waals surface area contributed by atoms with Crippen LogP contribution in [0.1, 0.15) is 81.4 Å². The average molecular weight is 643 g/mol. The molecule has 6 atom stereocenters. The highest BCUT2D eigenvalue weighted by Crippen LogP contribution is 2.40. The zero-order chi connectivity index (χ0) is 33.7. The SMILES string of the molecule is CC(C)(C)NC(=O)[C@H]1C[C@@H]2CCCC[C@@H]2CN1[C@@H](O)[C@@H](NC(=O)[C@H](CC(N)=O)NC(=O)c1ccc2ccccc2n1)c1ccccc1. The molecule has 11 nitrogen and oxygen atoms in total. The number of nitrogens with zero attached hydrogens (tertiary/aromatic N) is 2. The van der Waals surface area contributed by atoms with E-state index < -0.39 is 54.0 Å². The van der Waals surface area contributed by atoms with Crippen LogP contribution in [0.5, 0.6) is 0 Å². The molecule has 0 unspecified atom stereocenters. The number of nitrogens with two attached hydrogens (primary N) is 1. The first-order valence-electron chi connectivity index (χ1n) is 16.5. The molecule has 1 saturated carbocycles. The van der Waals surface area contributed by atoms with E-state index in [1.54, 1.807) is 42.5 Å². The Balaban J connectivity index is 1.41. The molecular weight excluding hydrogens is 596 g/mol. The van der Waals surface area contributed by atoms with Gasteiger partial charge >= 0.3 is 0 Å². The molecule has 1 aliphatic heterocycles. The summed E-state index contributed by atoms with van der Waals surface area (Å²) >= 11 is 0. The fourth-order valence-corrected chi connectivity index (χ4v) is 6.93. The maximum atomic E-state index is 13.9. The zero-order valence-corrected chi connectivity index (χ0v) is 27.3. The van der Waals surface area contributed by atoms with E-state index in [-0.39, 0.29) is 11.6 Å². The van der Waals surface area contributed by atoms with E-state index >= 15 is 0 Å². The number of fused-ring (bicyclic) bond motifs is 2. The number of pyridine rings is 1. The lowest BCUT2D eigenvalue weighted by molar-refractivity contribution is -0.145. The standard InChI is InChI=1S/C36H46N6O5/c1-36(2,3)41-34(46)29-19-24-14-7-8-15-25(24)21-42(29)35(47)31(23-12-5-4-6-13-23)40-33(45)28(20-30(37)43)39-32(44)27-18-17-22-11-9-10-16-26(22)38-27/h4-6,9-13,16-18,24-25,28-29,31,35,47H,7-8,14-15,19-21H2,1-3H3,(H2,37,43)(H,39,44)(H,40,45)(H,41,46)/t24-,25+,28-,29+,31-,35-/m0/s1. The molecule has 0 spiro atoms.